The quantitative estimate of drug-likeness (QED) is 0.691. The smallest absolute Gasteiger partial charge is 0.407 e. The zero-order valence-electron chi connectivity index (χ0n) is 11.7. The van der Waals surface area contributed by atoms with Gasteiger partial charge in [-0.3, -0.25) is 0 Å². The molecule has 0 aromatic carbocycles. The van der Waals surface area contributed by atoms with Gasteiger partial charge >= 0.3 is 12.1 Å². The van der Waals surface area contributed by atoms with E-state index in [0.717, 1.165) is 0 Å². The summed E-state index contributed by atoms with van der Waals surface area (Å²) in [6.45, 7) is 5.73. The molecule has 0 atom stereocenters. The molecule has 0 aliphatic rings. The second kappa shape index (κ2) is 6.33. The van der Waals surface area contributed by atoms with E-state index in [9.17, 15) is 9.59 Å². The van der Waals surface area contributed by atoms with Crippen LogP contribution in [-0.4, -0.2) is 44.3 Å². The fourth-order valence-corrected chi connectivity index (χ4v) is 1.45. The van der Waals surface area contributed by atoms with Gasteiger partial charge in [-0.1, -0.05) is 5.21 Å². The first-order valence-electron chi connectivity index (χ1n) is 6.07. The van der Waals surface area contributed by atoms with Crippen molar-refractivity contribution in [2.75, 3.05) is 6.54 Å². The molecule has 20 heavy (non-hydrogen) atoms. The van der Waals surface area contributed by atoms with Gasteiger partial charge in [-0.25, -0.2) is 14.3 Å². The number of aromatic nitrogens is 3. The summed E-state index contributed by atoms with van der Waals surface area (Å²) in [7, 11) is 0. The van der Waals surface area contributed by atoms with Crippen molar-refractivity contribution < 1.29 is 19.4 Å². The first kappa shape index (κ1) is 15.9. The Kier molecular flexibility index (Phi) is 5.03. The van der Waals surface area contributed by atoms with Crippen LogP contribution in [0.25, 0.3) is 0 Å². The Bertz CT molecular complexity index is 491. The molecule has 0 saturated heterocycles. The Morgan fingerprint density at radius 3 is 2.60 bits per heavy atom. The number of carboxylic acid groups (broad SMARTS) is 1. The molecule has 112 valence electrons. The van der Waals surface area contributed by atoms with E-state index in [1.165, 1.54) is 4.68 Å². The molecule has 0 unspecified atom stereocenters. The first-order chi connectivity index (χ1) is 9.24. The highest BCUT2D eigenvalue weighted by molar-refractivity contribution is 5.86. The van der Waals surface area contributed by atoms with Crippen molar-refractivity contribution in [2.24, 2.45) is 5.73 Å². The molecular formula is C11H19N5O4. The number of nitrogens with two attached hydrogens (primary N) is 1. The highest BCUT2D eigenvalue weighted by Gasteiger charge is 2.21. The summed E-state index contributed by atoms with van der Waals surface area (Å²) in [6.07, 6.45) is -0.644. The molecule has 1 heterocycles. The van der Waals surface area contributed by atoms with Crippen molar-refractivity contribution >= 4 is 12.1 Å². The fourth-order valence-electron chi connectivity index (χ4n) is 1.45. The Morgan fingerprint density at radius 2 is 2.10 bits per heavy atom. The standard InChI is InChI=1S/C11H19N5O4/c1-11(2,3)20-10(19)13-6-7-8(9(17)18)14-15-16(7)5-4-12/h4-6,12H2,1-3H3,(H,13,19)(H,17,18). The third-order valence-corrected chi connectivity index (χ3v) is 2.18. The number of carboxylic acids is 1. The van der Waals surface area contributed by atoms with E-state index in [0.29, 0.717) is 6.54 Å². The van der Waals surface area contributed by atoms with Crippen LogP contribution in [0.5, 0.6) is 0 Å². The number of carbonyl (C=O) groups excluding carboxylic acids is 1. The van der Waals surface area contributed by atoms with Crippen LogP contribution in [0.4, 0.5) is 4.79 Å². The maximum atomic E-state index is 11.5. The SMILES string of the molecule is CC(C)(C)OC(=O)NCc1c(C(=O)O)nnn1CCN. The predicted molar refractivity (Wildman–Crippen MR) is 69.1 cm³/mol. The minimum atomic E-state index is -1.21. The largest absolute Gasteiger partial charge is 0.476 e. The topological polar surface area (TPSA) is 132 Å². The molecular weight excluding hydrogens is 266 g/mol. The molecule has 0 aliphatic carbocycles. The van der Waals surface area contributed by atoms with Gasteiger partial charge in [0.05, 0.1) is 18.8 Å². The summed E-state index contributed by atoms with van der Waals surface area (Å²) in [6, 6.07) is 0. The highest BCUT2D eigenvalue weighted by atomic mass is 16.6. The lowest BCUT2D eigenvalue weighted by Gasteiger charge is -2.19. The van der Waals surface area contributed by atoms with Crippen molar-refractivity contribution in [3.8, 4) is 0 Å². The number of alkyl carbamates (subject to hydrolysis) is 1. The van der Waals surface area contributed by atoms with Crippen LogP contribution >= 0.6 is 0 Å². The van der Waals surface area contributed by atoms with Gasteiger partial charge in [-0.15, -0.1) is 5.10 Å². The summed E-state index contributed by atoms with van der Waals surface area (Å²) in [5.74, 6) is -1.21. The summed E-state index contributed by atoms with van der Waals surface area (Å²) in [4.78, 5) is 22.6. The minimum Gasteiger partial charge on any atom is -0.476 e. The average molecular weight is 285 g/mol. The van der Waals surface area contributed by atoms with E-state index >= 15 is 0 Å². The van der Waals surface area contributed by atoms with E-state index in [4.69, 9.17) is 15.6 Å². The molecule has 4 N–H and O–H groups in total. The van der Waals surface area contributed by atoms with Crippen molar-refractivity contribution in [3.63, 3.8) is 0 Å². The highest BCUT2D eigenvalue weighted by Crippen LogP contribution is 2.08. The van der Waals surface area contributed by atoms with Crippen LogP contribution in [0, 0.1) is 0 Å². The fraction of sp³-hybridized carbons (Fsp3) is 0.636. The van der Waals surface area contributed by atoms with E-state index in [-0.39, 0.29) is 24.5 Å². The Labute approximate surface area is 116 Å². The summed E-state index contributed by atoms with van der Waals surface area (Å²) < 4.78 is 6.41. The van der Waals surface area contributed by atoms with Gasteiger partial charge in [-0.2, -0.15) is 0 Å². The number of nitrogens with zero attached hydrogens (tertiary/aromatic N) is 3. The average Bonchev–Trinajstić information content (AvgIpc) is 2.68. The van der Waals surface area contributed by atoms with Crippen LogP contribution in [0.1, 0.15) is 37.0 Å². The molecule has 0 fully saturated rings. The molecule has 0 radical (unpaired) electrons. The molecule has 1 aromatic rings. The summed E-state index contributed by atoms with van der Waals surface area (Å²) >= 11 is 0. The van der Waals surface area contributed by atoms with Crippen molar-refractivity contribution in [1.29, 1.82) is 0 Å². The molecule has 0 bridgehead atoms. The van der Waals surface area contributed by atoms with Gasteiger partial charge in [0.25, 0.3) is 0 Å². The molecule has 0 aliphatic heterocycles. The van der Waals surface area contributed by atoms with Crippen LogP contribution in [0.2, 0.25) is 0 Å². The second-order valence-electron chi connectivity index (χ2n) is 5.06. The maximum Gasteiger partial charge on any atom is 0.407 e. The third kappa shape index (κ3) is 4.50. The molecule has 0 spiro atoms. The molecule has 1 aromatic heterocycles. The van der Waals surface area contributed by atoms with E-state index < -0.39 is 17.7 Å². The number of hydrogen-bond acceptors (Lipinski definition) is 6. The number of nitrogens with one attached hydrogen (secondary N) is 1. The van der Waals surface area contributed by atoms with Gasteiger partial charge in [0.1, 0.15) is 5.60 Å². The lowest BCUT2D eigenvalue weighted by molar-refractivity contribution is 0.0519. The van der Waals surface area contributed by atoms with Crippen LogP contribution in [0.15, 0.2) is 0 Å². The second-order valence-corrected chi connectivity index (χ2v) is 5.06. The zero-order chi connectivity index (χ0) is 15.3. The van der Waals surface area contributed by atoms with Gasteiger partial charge in [0.15, 0.2) is 5.69 Å². The van der Waals surface area contributed by atoms with Crippen LogP contribution < -0.4 is 11.1 Å². The number of ether oxygens (including phenoxy) is 1. The van der Waals surface area contributed by atoms with E-state index in [2.05, 4.69) is 15.6 Å². The minimum absolute atomic E-state index is 0.0520. The lowest BCUT2D eigenvalue weighted by Crippen LogP contribution is -2.33. The molecule has 9 nitrogen and oxygen atoms in total. The lowest BCUT2D eigenvalue weighted by atomic mass is 10.2. The molecule has 1 rings (SSSR count). The van der Waals surface area contributed by atoms with Crippen LogP contribution in [-0.2, 0) is 17.8 Å². The first-order valence-corrected chi connectivity index (χ1v) is 6.07. The zero-order valence-corrected chi connectivity index (χ0v) is 11.7. The van der Waals surface area contributed by atoms with Gasteiger partial charge in [0.2, 0.25) is 0 Å². The van der Waals surface area contributed by atoms with Gasteiger partial charge < -0.3 is 20.9 Å². The number of hydrogen-bond donors (Lipinski definition) is 3. The Morgan fingerprint density at radius 1 is 1.45 bits per heavy atom. The molecule has 9 heteroatoms. The maximum absolute atomic E-state index is 11.5. The van der Waals surface area contributed by atoms with Crippen molar-refractivity contribution in [3.05, 3.63) is 11.4 Å². The third-order valence-electron chi connectivity index (χ3n) is 2.18. The molecule has 1 amide bonds. The van der Waals surface area contributed by atoms with Crippen LogP contribution in [0.3, 0.4) is 0 Å². The Balaban J connectivity index is 2.77. The van der Waals surface area contributed by atoms with Crippen molar-refractivity contribution in [1.82, 2.24) is 20.3 Å². The monoisotopic (exact) mass is 285 g/mol. The summed E-state index contributed by atoms with van der Waals surface area (Å²) in [5.41, 5.74) is 4.84. The van der Waals surface area contributed by atoms with Crippen molar-refractivity contribution in [2.45, 2.75) is 39.5 Å². The number of aromatic carboxylic acids is 1. The summed E-state index contributed by atoms with van der Waals surface area (Å²) in [5, 5.41) is 18.7. The number of carbonyl (C=O) groups is 2. The molecule has 0 saturated carbocycles. The van der Waals surface area contributed by atoms with Gasteiger partial charge in [-0.05, 0) is 20.8 Å². The van der Waals surface area contributed by atoms with Gasteiger partial charge in [0, 0.05) is 6.54 Å². The van der Waals surface area contributed by atoms with E-state index in [1.807, 2.05) is 0 Å². The Hall–Kier alpha value is -2.16. The number of rotatable bonds is 5. The predicted octanol–water partition coefficient (Wildman–Crippen LogP) is -0.0403. The van der Waals surface area contributed by atoms with E-state index in [1.54, 1.807) is 20.8 Å². The normalized spacial score (nSPS) is 11.2. The number of amides is 1.